The van der Waals surface area contributed by atoms with Crippen molar-refractivity contribution in [3.63, 3.8) is 0 Å². The molecule has 2 aliphatic heterocycles. The molecule has 2 aliphatic rings. The smallest absolute Gasteiger partial charge is 0.263 e. The Hall–Kier alpha value is -2.89. The summed E-state index contributed by atoms with van der Waals surface area (Å²) in [6.07, 6.45) is 0.439. The summed E-state index contributed by atoms with van der Waals surface area (Å²) in [6, 6.07) is 18.6. The Morgan fingerprint density at radius 3 is 1.67 bits per heavy atom. The molecule has 39 heavy (non-hydrogen) atoms. The number of ketones is 1. The standard InChI is InChI=1S/C15H18N2O2.C10H10N2O.C5H12ClP/c1-10-12(13(18)15(2,3)4)14(19)17(16-10)11-8-6-5-7-9-11;1-8-7-10(13)12(11-8)9-5-3-2-4-6-9;1-5(2,3)4(6)7/h5-9,12H,1-4H3;2-6H,7H2,1H3;4H,7H2,1-3H3. The van der Waals surface area contributed by atoms with Gasteiger partial charge in [0.2, 0.25) is 0 Å². The van der Waals surface area contributed by atoms with Gasteiger partial charge in [-0.25, -0.2) is 5.01 Å². The van der Waals surface area contributed by atoms with Gasteiger partial charge in [-0.05, 0) is 43.5 Å². The first kappa shape index (κ1) is 32.3. The highest BCUT2D eigenvalue weighted by Gasteiger charge is 2.43. The van der Waals surface area contributed by atoms with Gasteiger partial charge in [0.05, 0.1) is 28.6 Å². The minimum absolute atomic E-state index is 0.0451. The van der Waals surface area contributed by atoms with Crippen molar-refractivity contribution in [3.8, 4) is 0 Å². The molecule has 210 valence electrons. The van der Waals surface area contributed by atoms with Crippen molar-refractivity contribution in [1.29, 1.82) is 0 Å². The monoisotopic (exact) mass is 570 g/mol. The van der Waals surface area contributed by atoms with Crippen LogP contribution in [0.5, 0.6) is 0 Å². The number of hydrogen-bond donors (Lipinski definition) is 0. The van der Waals surface area contributed by atoms with E-state index in [1.807, 2.05) is 76.2 Å². The number of benzene rings is 2. The highest BCUT2D eigenvalue weighted by Crippen LogP contribution is 2.30. The van der Waals surface area contributed by atoms with Gasteiger partial charge in [-0.15, -0.1) is 20.8 Å². The minimum atomic E-state index is -0.750. The third-order valence-electron chi connectivity index (χ3n) is 5.88. The van der Waals surface area contributed by atoms with Crippen LogP contribution >= 0.6 is 20.8 Å². The topological polar surface area (TPSA) is 82.4 Å². The molecule has 0 bridgehead atoms. The first-order chi connectivity index (χ1) is 18.0. The second kappa shape index (κ2) is 13.5. The number of para-hydroxylation sites is 2. The molecule has 0 N–H and O–H groups in total. The summed E-state index contributed by atoms with van der Waals surface area (Å²) in [7, 11) is 2.57. The van der Waals surface area contributed by atoms with Crippen LogP contribution in [0.25, 0.3) is 0 Å². The van der Waals surface area contributed by atoms with E-state index in [2.05, 4.69) is 40.2 Å². The van der Waals surface area contributed by atoms with Gasteiger partial charge in [-0.1, -0.05) is 77.9 Å². The molecule has 2 amide bonds. The first-order valence-corrected chi connectivity index (χ1v) is 13.9. The zero-order valence-corrected chi connectivity index (χ0v) is 26.0. The summed E-state index contributed by atoms with van der Waals surface area (Å²) in [5.41, 5.74) is 2.64. The molecular weight excluding hydrogens is 531 g/mol. The highest BCUT2D eigenvalue weighted by molar-refractivity contribution is 7.21. The van der Waals surface area contributed by atoms with Crippen molar-refractivity contribution >= 4 is 61.2 Å². The zero-order chi connectivity index (χ0) is 29.5. The average molecular weight is 571 g/mol. The van der Waals surface area contributed by atoms with E-state index in [-0.39, 0.29) is 28.1 Å². The number of carbonyl (C=O) groups excluding carboxylic acids is 3. The van der Waals surface area contributed by atoms with Crippen LogP contribution in [0.3, 0.4) is 0 Å². The van der Waals surface area contributed by atoms with Crippen molar-refractivity contribution in [3.05, 3.63) is 60.7 Å². The van der Waals surface area contributed by atoms with Crippen molar-refractivity contribution in [1.82, 2.24) is 0 Å². The van der Waals surface area contributed by atoms with E-state index in [9.17, 15) is 14.4 Å². The minimum Gasteiger partial charge on any atom is -0.298 e. The maximum atomic E-state index is 12.4. The Balaban J connectivity index is 0.000000230. The number of nitrogens with zero attached hydrogens (tertiary/aromatic N) is 4. The molecule has 2 heterocycles. The van der Waals surface area contributed by atoms with E-state index < -0.39 is 11.3 Å². The number of hydrogen-bond acceptors (Lipinski definition) is 5. The van der Waals surface area contributed by atoms with Crippen LogP contribution in [0.2, 0.25) is 0 Å². The number of halogens is 1. The Bertz CT molecular complexity index is 1220. The molecule has 9 heteroatoms. The molecule has 3 unspecified atom stereocenters. The average Bonchev–Trinajstić information content (AvgIpc) is 3.36. The van der Waals surface area contributed by atoms with Crippen LogP contribution in [-0.2, 0) is 14.4 Å². The molecule has 2 aromatic carbocycles. The van der Waals surface area contributed by atoms with Crippen LogP contribution in [-0.4, -0.2) is 34.1 Å². The van der Waals surface area contributed by atoms with Crippen LogP contribution in [0.1, 0.15) is 61.8 Å². The molecule has 0 aromatic heterocycles. The van der Waals surface area contributed by atoms with Crippen LogP contribution in [0.4, 0.5) is 11.4 Å². The fraction of sp³-hybridized carbons (Fsp3) is 0.433. The Kier molecular flexibility index (Phi) is 11.1. The Morgan fingerprint density at radius 2 is 1.31 bits per heavy atom. The maximum absolute atomic E-state index is 12.4. The van der Waals surface area contributed by atoms with Gasteiger partial charge >= 0.3 is 0 Å². The summed E-state index contributed by atoms with van der Waals surface area (Å²) >= 11 is 5.72. The van der Waals surface area contributed by atoms with E-state index in [1.54, 1.807) is 19.1 Å². The lowest BCUT2D eigenvalue weighted by molar-refractivity contribution is -0.134. The van der Waals surface area contributed by atoms with Gasteiger partial charge in [-0.3, -0.25) is 14.4 Å². The Labute approximate surface area is 239 Å². The van der Waals surface area contributed by atoms with Gasteiger partial charge in [0.1, 0.15) is 5.92 Å². The van der Waals surface area contributed by atoms with Crippen LogP contribution < -0.4 is 10.0 Å². The van der Waals surface area contributed by atoms with Crippen LogP contribution in [0, 0.1) is 16.7 Å². The van der Waals surface area contributed by atoms with Crippen LogP contribution in [0.15, 0.2) is 70.9 Å². The number of carbonyl (C=O) groups is 3. The quantitative estimate of drug-likeness (QED) is 0.228. The van der Waals surface area contributed by atoms with Gasteiger partial charge in [0.25, 0.3) is 11.8 Å². The number of Topliss-reactive ketones (excluding diaryl/α,β-unsaturated/α-hetero) is 1. The molecule has 0 fully saturated rings. The van der Waals surface area contributed by atoms with Gasteiger partial charge in [-0.2, -0.15) is 15.2 Å². The van der Waals surface area contributed by atoms with Gasteiger partial charge < -0.3 is 0 Å². The lowest BCUT2D eigenvalue weighted by Crippen LogP contribution is -2.38. The van der Waals surface area contributed by atoms with Crippen molar-refractivity contribution in [2.75, 3.05) is 10.0 Å². The van der Waals surface area contributed by atoms with Crippen molar-refractivity contribution in [2.24, 2.45) is 27.0 Å². The molecule has 3 atom stereocenters. The molecule has 0 spiro atoms. The molecule has 0 saturated carbocycles. The molecule has 0 saturated heterocycles. The number of anilines is 2. The van der Waals surface area contributed by atoms with Crippen molar-refractivity contribution < 1.29 is 14.4 Å². The summed E-state index contributed by atoms with van der Waals surface area (Å²) in [5, 5.41) is 11.3. The zero-order valence-electron chi connectivity index (χ0n) is 24.1. The summed E-state index contributed by atoms with van der Waals surface area (Å²) < 4.78 is 0. The molecule has 4 rings (SSSR count). The molecule has 7 nitrogen and oxygen atoms in total. The summed E-state index contributed by atoms with van der Waals surface area (Å²) in [5.74, 6) is -1.05. The second-order valence-corrected chi connectivity index (χ2v) is 13.2. The SMILES string of the molecule is CC(C)(C)C(P)Cl.CC1=NN(c2ccccc2)C(=O)C1.CC1=NN(c2ccccc2)C(=O)C1C(=O)C(C)(C)C. The number of alkyl halides is 1. The molecule has 0 aliphatic carbocycles. The summed E-state index contributed by atoms with van der Waals surface area (Å²) in [6.45, 7) is 15.4. The predicted molar refractivity (Wildman–Crippen MR) is 165 cm³/mol. The predicted octanol–water partition coefficient (Wildman–Crippen LogP) is 6.91. The number of amides is 2. The first-order valence-electron chi connectivity index (χ1n) is 12.8. The lowest BCUT2D eigenvalue weighted by atomic mass is 9.81. The Morgan fingerprint density at radius 1 is 0.872 bits per heavy atom. The van der Waals surface area contributed by atoms with Gasteiger partial charge in [0.15, 0.2) is 5.78 Å². The highest BCUT2D eigenvalue weighted by atomic mass is 35.5. The van der Waals surface area contributed by atoms with E-state index in [0.717, 1.165) is 11.4 Å². The number of hydrazone groups is 2. The largest absolute Gasteiger partial charge is 0.298 e. The maximum Gasteiger partial charge on any atom is 0.263 e. The lowest BCUT2D eigenvalue weighted by Gasteiger charge is -2.21. The molecule has 0 radical (unpaired) electrons. The fourth-order valence-electron chi connectivity index (χ4n) is 3.38. The van der Waals surface area contributed by atoms with E-state index in [0.29, 0.717) is 17.8 Å². The molecule has 2 aromatic rings. The second-order valence-electron chi connectivity index (χ2n) is 11.6. The van der Waals surface area contributed by atoms with E-state index in [4.69, 9.17) is 11.6 Å². The molecular formula is C30H40ClN4O3P. The van der Waals surface area contributed by atoms with Gasteiger partial charge in [0, 0.05) is 11.1 Å². The normalized spacial score (nSPS) is 17.9. The van der Waals surface area contributed by atoms with E-state index >= 15 is 0 Å². The fourth-order valence-corrected chi connectivity index (χ4v) is 3.38. The van der Waals surface area contributed by atoms with E-state index in [1.165, 1.54) is 10.0 Å². The third kappa shape index (κ3) is 9.08. The van der Waals surface area contributed by atoms with Crippen molar-refractivity contribution in [2.45, 2.75) is 66.9 Å². The third-order valence-corrected chi connectivity index (χ3v) is 7.53. The summed E-state index contributed by atoms with van der Waals surface area (Å²) in [4.78, 5) is 36.1. The number of rotatable bonds is 3.